The van der Waals surface area contributed by atoms with Gasteiger partial charge in [0.2, 0.25) is 0 Å². The first-order valence-corrected chi connectivity index (χ1v) is 9.39. The molecule has 3 rings (SSSR count). The number of fused-ring (bicyclic) bond motifs is 1. The van der Waals surface area contributed by atoms with Gasteiger partial charge in [0.15, 0.2) is 17.3 Å². The number of methoxy groups -OCH3 is 1. The molecule has 2 unspecified atom stereocenters. The summed E-state index contributed by atoms with van der Waals surface area (Å²) in [7, 11) is 1.39. The molecule has 27 heavy (non-hydrogen) atoms. The normalized spacial score (nSPS) is 26.9. The van der Waals surface area contributed by atoms with Crippen molar-refractivity contribution in [3.8, 4) is 11.5 Å². The monoisotopic (exact) mass is 374 g/mol. The second-order valence-corrected chi connectivity index (χ2v) is 7.69. The van der Waals surface area contributed by atoms with Gasteiger partial charge in [-0.15, -0.1) is 6.58 Å². The average Bonchev–Trinajstić information content (AvgIpc) is 3.06. The minimum Gasteiger partial charge on any atom is -0.504 e. The van der Waals surface area contributed by atoms with Gasteiger partial charge in [-0.3, -0.25) is 4.79 Å². The summed E-state index contributed by atoms with van der Waals surface area (Å²) < 4.78 is 25.7. The molecule has 1 N–H and O–H groups in total. The predicted molar refractivity (Wildman–Crippen MR) is 101 cm³/mol. The van der Waals surface area contributed by atoms with Crippen molar-refractivity contribution in [2.75, 3.05) is 13.7 Å². The Balaban J connectivity index is 1.91. The van der Waals surface area contributed by atoms with Crippen molar-refractivity contribution >= 4 is 5.78 Å². The summed E-state index contributed by atoms with van der Waals surface area (Å²) >= 11 is 0. The molecule has 0 saturated carbocycles. The van der Waals surface area contributed by atoms with Crippen molar-refractivity contribution in [2.24, 2.45) is 17.8 Å². The SMILES string of the molecule is C=CC(C)[C@H]1C[C@]2(C(C)Cc3cc(O)c(OC)cc3F)OCCC2=CC1=O. The topological polar surface area (TPSA) is 55.8 Å². The summed E-state index contributed by atoms with van der Waals surface area (Å²) in [5, 5.41) is 10.0. The molecule has 1 aliphatic carbocycles. The lowest BCUT2D eigenvalue weighted by Crippen LogP contribution is -2.46. The number of ether oxygens (including phenoxy) is 2. The molecule has 0 radical (unpaired) electrons. The molecular weight excluding hydrogens is 347 g/mol. The van der Waals surface area contributed by atoms with Crippen LogP contribution >= 0.6 is 0 Å². The number of phenols is 1. The van der Waals surface area contributed by atoms with E-state index in [1.165, 1.54) is 19.2 Å². The van der Waals surface area contributed by atoms with Crippen molar-refractivity contribution in [2.45, 2.75) is 38.7 Å². The van der Waals surface area contributed by atoms with Crippen LogP contribution in [0.3, 0.4) is 0 Å². The van der Waals surface area contributed by atoms with E-state index >= 15 is 0 Å². The van der Waals surface area contributed by atoms with Gasteiger partial charge in [0.1, 0.15) is 5.82 Å². The first-order valence-electron chi connectivity index (χ1n) is 9.39. The van der Waals surface area contributed by atoms with Crippen LogP contribution < -0.4 is 4.74 Å². The van der Waals surface area contributed by atoms with Crippen LogP contribution in [0.4, 0.5) is 4.39 Å². The third-order valence-electron chi connectivity index (χ3n) is 6.16. The largest absolute Gasteiger partial charge is 0.504 e. The number of carbonyl (C=O) groups excluding carboxylic acids is 1. The molecule has 146 valence electrons. The lowest BCUT2D eigenvalue weighted by Gasteiger charge is -2.42. The van der Waals surface area contributed by atoms with Crippen molar-refractivity contribution in [3.63, 3.8) is 0 Å². The highest BCUT2D eigenvalue weighted by molar-refractivity contribution is 5.94. The Labute approximate surface area is 159 Å². The highest BCUT2D eigenvalue weighted by Gasteiger charge is 2.50. The minimum absolute atomic E-state index is 0.0466. The molecule has 1 saturated heterocycles. The van der Waals surface area contributed by atoms with Crippen LogP contribution in [0.5, 0.6) is 11.5 Å². The van der Waals surface area contributed by atoms with E-state index in [9.17, 15) is 14.3 Å². The predicted octanol–water partition coefficient (Wildman–Crippen LogP) is 4.22. The Morgan fingerprint density at radius 2 is 2.22 bits per heavy atom. The van der Waals surface area contributed by atoms with E-state index < -0.39 is 11.4 Å². The maximum absolute atomic E-state index is 14.5. The zero-order chi connectivity index (χ0) is 19.8. The van der Waals surface area contributed by atoms with Crippen molar-refractivity contribution in [3.05, 3.63) is 47.8 Å². The first kappa shape index (κ1) is 19.6. The number of hydrogen-bond donors (Lipinski definition) is 1. The van der Waals surface area contributed by atoms with Crippen LogP contribution in [-0.2, 0) is 16.0 Å². The molecular formula is C22H27FO4. The molecule has 0 amide bonds. The first-order chi connectivity index (χ1) is 12.8. The number of phenolic OH excluding ortho intramolecular Hbond substituents is 1. The molecule has 0 spiro atoms. The van der Waals surface area contributed by atoms with Crippen LogP contribution in [0.2, 0.25) is 0 Å². The Kier molecular flexibility index (Phi) is 5.43. The number of ketones is 1. The summed E-state index contributed by atoms with van der Waals surface area (Å²) in [6, 6.07) is 2.62. The van der Waals surface area contributed by atoms with Crippen LogP contribution in [0.25, 0.3) is 0 Å². The smallest absolute Gasteiger partial charge is 0.163 e. The zero-order valence-corrected chi connectivity index (χ0v) is 16.1. The number of aromatic hydroxyl groups is 1. The maximum atomic E-state index is 14.5. The highest BCUT2D eigenvalue weighted by atomic mass is 19.1. The number of carbonyl (C=O) groups is 1. The van der Waals surface area contributed by atoms with Crippen molar-refractivity contribution in [1.82, 2.24) is 0 Å². The van der Waals surface area contributed by atoms with Gasteiger partial charge < -0.3 is 14.6 Å². The van der Waals surface area contributed by atoms with E-state index in [2.05, 4.69) is 6.58 Å². The molecule has 1 fully saturated rings. The van der Waals surface area contributed by atoms with Crippen molar-refractivity contribution < 1.29 is 23.8 Å². The molecule has 1 aromatic rings. The van der Waals surface area contributed by atoms with E-state index in [-0.39, 0.29) is 35.0 Å². The third kappa shape index (κ3) is 3.41. The zero-order valence-electron chi connectivity index (χ0n) is 16.1. The van der Waals surface area contributed by atoms with E-state index in [1.807, 2.05) is 13.8 Å². The van der Waals surface area contributed by atoms with E-state index in [1.54, 1.807) is 12.2 Å². The fourth-order valence-electron chi connectivity index (χ4n) is 4.41. The standard InChI is InChI=1S/C22H27FO4/c1-5-13(2)17-12-22(16(6-7-27-22)10-19(17)24)14(3)8-15-9-20(25)21(26-4)11-18(15)23/h5,9-11,13-14,17,25H,1,6-8,12H2,2-4H3/t13?,14?,17-,22-/m1/s1. The van der Waals surface area contributed by atoms with Crippen LogP contribution in [0.15, 0.2) is 36.4 Å². The second-order valence-electron chi connectivity index (χ2n) is 7.69. The summed E-state index contributed by atoms with van der Waals surface area (Å²) in [6.45, 7) is 8.40. The van der Waals surface area contributed by atoms with Gasteiger partial charge in [-0.2, -0.15) is 0 Å². The highest BCUT2D eigenvalue weighted by Crippen LogP contribution is 2.48. The van der Waals surface area contributed by atoms with Gasteiger partial charge in [0.25, 0.3) is 0 Å². The summed E-state index contributed by atoms with van der Waals surface area (Å²) in [5.74, 6) is -0.452. The maximum Gasteiger partial charge on any atom is 0.163 e. The van der Waals surface area contributed by atoms with E-state index in [0.717, 1.165) is 12.0 Å². The molecule has 4 atom stereocenters. The van der Waals surface area contributed by atoms with Gasteiger partial charge in [-0.05, 0) is 54.4 Å². The number of benzene rings is 1. The van der Waals surface area contributed by atoms with Crippen LogP contribution in [-0.4, -0.2) is 30.2 Å². The molecule has 2 aliphatic rings. The summed E-state index contributed by atoms with van der Waals surface area (Å²) in [6.07, 6.45) is 5.23. The molecule has 0 aromatic heterocycles. The Bertz CT molecular complexity index is 785. The number of rotatable bonds is 6. The molecule has 4 nitrogen and oxygen atoms in total. The van der Waals surface area contributed by atoms with Crippen molar-refractivity contribution in [1.29, 1.82) is 0 Å². The van der Waals surface area contributed by atoms with Gasteiger partial charge in [-0.1, -0.05) is 19.9 Å². The second kappa shape index (κ2) is 7.47. The summed E-state index contributed by atoms with van der Waals surface area (Å²) in [4.78, 5) is 12.5. The number of allylic oxidation sites excluding steroid dienone is 2. The molecule has 1 heterocycles. The van der Waals surface area contributed by atoms with Gasteiger partial charge in [-0.25, -0.2) is 4.39 Å². The lowest BCUT2D eigenvalue weighted by atomic mass is 9.66. The third-order valence-corrected chi connectivity index (χ3v) is 6.16. The van der Waals surface area contributed by atoms with E-state index in [4.69, 9.17) is 9.47 Å². The number of hydrogen-bond acceptors (Lipinski definition) is 4. The summed E-state index contributed by atoms with van der Waals surface area (Å²) in [5.41, 5.74) is 0.846. The Morgan fingerprint density at radius 1 is 1.48 bits per heavy atom. The quantitative estimate of drug-likeness (QED) is 0.758. The lowest BCUT2D eigenvalue weighted by molar-refractivity contribution is -0.124. The van der Waals surface area contributed by atoms with Gasteiger partial charge >= 0.3 is 0 Å². The fourth-order valence-corrected chi connectivity index (χ4v) is 4.41. The van der Waals surface area contributed by atoms with Crippen LogP contribution in [0, 0.1) is 23.6 Å². The van der Waals surface area contributed by atoms with Crippen LogP contribution in [0.1, 0.15) is 32.3 Å². The van der Waals surface area contributed by atoms with Gasteiger partial charge in [0, 0.05) is 12.0 Å². The van der Waals surface area contributed by atoms with E-state index in [0.29, 0.717) is 25.0 Å². The fraction of sp³-hybridized carbons (Fsp3) is 0.500. The number of halogens is 1. The molecule has 1 aromatic carbocycles. The minimum atomic E-state index is -0.572. The van der Waals surface area contributed by atoms with Gasteiger partial charge in [0.05, 0.1) is 19.3 Å². The average molecular weight is 374 g/mol. The Hall–Kier alpha value is -2.14. The Morgan fingerprint density at radius 3 is 2.89 bits per heavy atom. The molecule has 1 aliphatic heterocycles. The molecule has 0 bridgehead atoms. The molecule has 5 heteroatoms.